The second-order valence-electron chi connectivity index (χ2n) is 10.2. The largest absolute Gasteiger partial charge is 0.350 e. The topological polar surface area (TPSA) is 149 Å². The minimum atomic E-state index is -3.91. The van der Waals surface area contributed by atoms with Crippen molar-refractivity contribution in [2.75, 3.05) is 26.2 Å². The first kappa shape index (κ1) is 30.0. The molecule has 5 rings (SSSR count). The van der Waals surface area contributed by atoms with E-state index in [9.17, 15) is 27.6 Å². The number of fused-ring (bicyclic) bond motifs is 1. The molecular formula is C28H30ClN5O6S2. The minimum absolute atomic E-state index is 0.177. The molecule has 0 spiro atoms. The molecule has 1 aromatic carbocycles. The lowest BCUT2D eigenvalue weighted by molar-refractivity contribution is -0.143. The molecule has 2 aromatic heterocycles. The average Bonchev–Trinajstić information content (AvgIpc) is 3.61. The number of amides is 3. The molecule has 14 heteroatoms. The van der Waals surface area contributed by atoms with Crippen molar-refractivity contribution in [3.05, 3.63) is 73.0 Å². The van der Waals surface area contributed by atoms with E-state index in [4.69, 9.17) is 11.6 Å². The lowest BCUT2D eigenvalue weighted by Crippen LogP contribution is -2.55. The third-order valence-corrected chi connectivity index (χ3v) is 9.66. The molecule has 11 nitrogen and oxygen atoms in total. The van der Waals surface area contributed by atoms with Crippen molar-refractivity contribution in [1.29, 1.82) is 0 Å². The summed E-state index contributed by atoms with van der Waals surface area (Å²) in [6.45, 7) is 0.855. The molecule has 2 aliphatic heterocycles. The second-order valence-corrected chi connectivity index (χ2v) is 13.6. The van der Waals surface area contributed by atoms with Gasteiger partial charge < -0.3 is 20.1 Å². The molecule has 4 heterocycles. The van der Waals surface area contributed by atoms with E-state index in [2.05, 4.69) is 15.0 Å². The van der Waals surface area contributed by atoms with E-state index in [1.807, 2.05) is 0 Å². The number of para-hydroxylation sites is 1. The Labute approximate surface area is 251 Å². The predicted molar refractivity (Wildman–Crippen MR) is 162 cm³/mol. The van der Waals surface area contributed by atoms with Crippen LogP contribution in [0.2, 0.25) is 4.34 Å². The maximum absolute atomic E-state index is 13.3. The number of hydrogen-bond acceptors (Lipinski definition) is 7. The number of carbonyl (C=O) groups excluding carboxylic acids is 3. The summed E-state index contributed by atoms with van der Waals surface area (Å²) in [4.78, 5) is 57.9. The van der Waals surface area contributed by atoms with E-state index in [0.29, 0.717) is 52.5 Å². The highest BCUT2D eigenvalue weighted by molar-refractivity contribution is 7.92. The number of hydrogen-bond donors (Lipinski definition) is 3. The van der Waals surface area contributed by atoms with Crippen LogP contribution in [0.15, 0.2) is 52.7 Å². The van der Waals surface area contributed by atoms with Crippen LogP contribution in [-0.4, -0.2) is 79.2 Å². The first-order chi connectivity index (χ1) is 20.1. The molecule has 3 aromatic rings. The molecule has 2 unspecified atom stereocenters. The van der Waals surface area contributed by atoms with Crippen molar-refractivity contribution in [2.45, 2.75) is 37.8 Å². The van der Waals surface area contributed by atoms with E-state index < -0.39 is 27.9 Å². The van der Waals surface area contributed by atoms with Crippen LogP contribution >= 0.6 is 22.9 Å². The number of likely N-dealkylation sites (tertiary alicyclic amines) is 2. The quantitative estimate of drug-likeness (QED) is 0.331. The minimum Gasteiger partial charge on any atom is -0.350 e. The van der Waals surface area contributed by atoms with Crippen molar-refractivity contribution < 1.29 is 22.8 Å². The second kappa shape index (κ2) is 12.8. The lowest BCUT2D eigenvalue weighted by Gasteiger charge is -2.34. The number of benzene rings is 1. The summed E-state index contributed by atoms with van der Waals surface area (Å²) in [5.41, 5.74) is 0.432. The summed E-state index contributed by atoms with van der Waals surface area (Å²) in [6, 6.07) is 10.4. The standard InChI is InChI=1S/C28H30ClN5O6S2/c29-24-10-9-19(41-24)11-14-42(39,40)32-23-8-4-12-33(28(23)38)17-26(36)34-13-3-5-18(34)16-30-27(37)21-15-25(35)31-22-7-2-1-6-20(21)22/h1-2,6-7,9-11,14-15,18,23,32H,3-5,8,12-13,16-17H2,(H,30,37)(H,31,35)/b14-11+. The maximum atomic E-state index is 13.3. The van der Waals surface area contributed by atoms with Gasteiger partial charge in [-0.3, -0.25) is 19.2 Å². The van der Waals surface area contributed by atoms with E-state index in [1.54, 1.807) is 41.3 Å². The molecule has 2 aliphatic rings. The van der Waals surface area contributed by atoms with Gasteiger partial charge in [-0.1, -0.05) is 29.8 Å². The molecule has 0 saturated carbocycles. The zero-order valence-corrected chi connectivity index (χ0v) is 24.9. The highest BCUT2D eigenvalue weighted by Crippen LogP contribution is 2.23. The number of H-pyrrole nitrogens is 1. The van der Waals surface area contributed by atoms with Gasteiger partial charge in [0.15, 0.2) is 0 Å². The van der Waals surface area contributed by atoms with Gasteiger partial charge in [-0.2, -0.15) is 4.72 Å². The van der Waals surface area contributed by atoms with Gasteiger partial charge in [-0.05, 0) is 50.0 Å². The Morgan fingerprint density at radius 3 is 2.67 bits per heavy atom. The van der Waals surface area contributed by atoms with Gasteiger partial charge in [0, 0.05) is 52.9 Å². The van der Waals surface area contributed by atoms with Gasteiger partial charge in [0.25, 0.3) is 5.91 Å². The van der Waals surface area contributed by atoms with Crippen molar-refractivity contribution in [1.82, 2.24) is 24.8 Å². The highest BCUT2D eigenvalue weighted by atomic mass is 35.5. The fourth-order valence-electron chi connectivity index (χ4n) is 5.35. The Morgan fingerprint density at radius 2 is 1.88 bits per heavy atom. The van der Waals surface area contributed by atoms with E-state index in [-0.39, 0.29) is 36.2 Å². The molecule has 3 N–H and O–H groups in total. The highest BCUT2D eigenvalue weighted by Gasteiger charge is 2.35. The summed E-state index contributed by atoms with van der Waals surface area (Å²) < 4.78 is 28.2. The molecule has 0 bridgehead atoms. The number of piperidine rings is 1. The smallest absolute Gasteiger partial charge is 0.252 e. The normalized spacial score (nSPS) is 19.6. The maximum Gasteiger partial charge on any atom is 0.252 e. The Morgan fingerprint density at radius 1 is 1.10 bits per heavy atom. The van der Waals surface area contributed by atoms with E-state index in [1.165, 1.54) is 28.4 Å². The number of rotatable bonds is 9. The van der Waals surface area contributed by atoms with Crippen LogP contribution in [0.5, 0.6) is 0 Å². The van der Waals surface area contributed by atoms with Crippen molar-refractivity contribution in [2.24, 2.45) is 0 Å². The van der Waals surface area contributed by atoms with Crippen LogP contribution in [0.3, 0.4) is 0 Å². The molecule has 2 fully saturated rings. The monoisotopic (exact) mass is 631 g/mol. The number of sulfonamides is 1. The average molecular weight is 632 g/mol. The summed E-state index contributed by atoms with van der Waals surface area (Å²) in [6.07, 6.45) is 3.72. The first-order valence-electron chi connectivity index (χ1n) is 13.5. The Bertz CT molecular complexity index is 1700. The zero-order chi connectivity index (χ0) is 29.9. The van der Waals surface area contributed by atoms with E-state index >= 15 is 0 Å². The predicted octanol–water partition coefficient (Wildman–Crippen LogP) is 2.55. The fourth-order valence-corrected chi connectivity index (χ4v) is 7.42. The molecule has 2 atom stereocenters. The first-order valence-corrected chi connectivity index (χ1v) is 16.3. The van der Waals surface area contributed by atoms with Gasteiger partial charge >= 0.3 is 0 Å². The Kier molecular flexibility index (Phi) is 9.11. The summed E-state index contributed by atoms with van der Waals surface area (Å²) >= 11 is 7.12. The van der Waals surface area contributed by atoms with Crippen LogP contribution in [0.1, 0.15) is 40.9 Å². The molecule has 42 heavy (non-hydrogen) atoms. The van der Waals surface area contributed by atoms with Crippen LogP contribution in [0.4, 0.5) is 0 Å². The van der Waals surface area contributed by atoms with Crippen molar-refractivity contribution in [3.63, 3.8) is 0 Å². The number of thiophene rings is 1. The SMILES string of the molecule is O=C(NCC1CCCN1C(=O)CN1CCCC(NS(=O)(=O)/C=C/c2ccc(Cl)s2)C1=O)c1cc(=O)[nH]c2ccccc12. The summed E-state index contributed by atoms with van der Waals surface area (Å²) in [5, 5.41) is 4.48. The molecule has 0 radical (unpaired) electrons. The molecule has 3 amide bonds. The number of nitrogens with zero attached hydrogens (tertiary/aromatic N) is 2. The molecule has 222 valence electrons. The fraction of sp³-hybridized carbons (Fsp3) is 0.357. The zero-order valence-electron chi connectivity index (χ0n) is 22.5. The van der Waals surface area contributed by atoms with E-state index in [0.717, 1.165) is 11.8 Å². The van der Waals surface area contributed by atoms with Crippen LogP contribution in [-0.2, 0) is 19.6 Å². The van der Waals surface area contributed by atoms with Crippen molar-refractivity contribution >= 4 is 67.7 Å². The summed E-state index contributed by atoms with van der Waals surface area (Å²) in [7, 11) is -3.91. The molecule has 0 aliphatic carbocycles. The number of nitrogens with one attached hydrogen (secondary N) is 3. The van der Waals surface area contributed by atoms with Gasteiger partial charge in [0.1, 0.15) is 6.04 Å². The van der Waals surface area contributed by atoms with Crippen LogP contribution < -0.4 is 15.6 Å². The molecule has 2 saturated heterocycles. The number of halogens is 1. The Hall–Kier alpha value is -3.52. The van der Waals surface area contributed by atoms with Gasteiger partial charge in [-0.15, -0.1) is 11.3 Å². The third kappa shape index (κ3) is 7.09. The molecular weight excluding hydrogens is 602 g/mol. The number of aromatic nitrogens is 1. The third-order valence-electron chi connectivity index (χ3n) is 7.36. The summed E-state index contributed by atoms with van der Waals surface area (Å²) in [5.74, 6) is -1.12. The lowest BCUT2D eigenvalue weighted by atomic mass is 10.1. The van der Waals surface area contributed by atoms with Crippen LogP contribution in [0, 0.1) is 0 Å². The van der Waals surface area contributed by atoms with Crippen molar-refractivity contribution in [3.8, 4) is 0 Å². The number of carbonyl (C=O) groups is 3. The Balaban J connectivity index is 1.18. The van der Waals surface area contributed by atoms with Gasteiger partial charge in [-0.25, -0.2) is 8.42 Å². The number of pyridine rings is 1. The van der Waals surface area contributed by atoms with Gasteiger partial charge in [0.05, 0.1) is 16.4 Å². The van der Waals surface area contributed by atoms with Crippen LogP contribution in [0.25, 0.3) is 17.0 Å². The number of aromatic amines is 1. The van der Waals surface area contributed by atoms with Gasteiger partial charge in [0.2, 0.25) is 27.4 Å².